The first-order valence-electron chi connectivity index (χ1n) is 9.27. The molecule has 3 heterocycles. The van der Waals surface area contributed by atoms with Crippen LogP contribution in [0.2, 0.25) is 30.7 Å². The SMILES string of the molecule is CNc1nc(Nc2cnn(C)c2C)nc2c1c(Cl)cn2COCC[Si](C)(C)C. The molecule has 0 saturated carbocycles. The van der Waals surface area contributed by atoms with E-state index in [2.05, 4.69) is 45.3 Å². The summed E-state index contributed by atoms with van der Waals surface area (Å²) in [6.45, 7) is 10.1. The monoisotopic (exact) mass is 421 g/mol. The lowest BCUT2D eigenvalue weighted by Gasteiger charge is -2.15. The second-order valence-corrected chi connectivity index (χ2v) is 14.1. The number of ether oxygens (including phenoxy) is 1. The third-order valence-electron chi connectivity index (χ3n) is 4.62. The molecular formula is C18H28ClN7OSi. The number of nitrogens with zero attached hydrogens (tertiary/aromatic N) is 5. The van der Waals surface area contributed by atoms with E-state index in [9.17, 15) is 0 Å². The maximum Gasteiger partial charge on any atom is 0.231 e. The van der Waals surface area contributed by atoms with E-state index in [0.29, 0.717) is 23.5 Å². The molecule has 0 atom stereocenters. The van der Waals surface area contributed by atoms with Crippen molar-refractivity contribution in [2.24, 2.45) is 7.05 Å². The van der Waals surface area contributed by atoms with Gasteiger partial charge in [-0.3, -0.25) is 4.68 Å². The molecule has 0 bridgehead atoms. The van der Waals surface area contributed by atoms with Crippen LogP contribution in [0.3, 0.4) is 0 Å². The summed E-state index contributed by atoms with van der Waals surface area (Å²) in [6.07, 6.45) is 3.60. The first-order valence-corrected chi connectivity index (χ1v) is 13.4. The van der Waals surface area contributed by atoms with Gasteiger partial charge in [-0.2, -0.15) is 15.1 Å². The van der Waals surface area contributed by atoms with E-state index in [1.807, 2.05) is 31.8 Å². The lowest BCUT2D eigenvalue weighted by Crippen LogP contribution is -2.22. The average Bonchev–Trinajstić information content (AvgIpc) is 3.11. The molecule has 0 aliphatic carbocycles. The molecule has 3 aromatic heterocycles. The van der Waals surface area contributed by atoms with Crippen LogP contribution in [-0.4, -0.2) is 46.0 Å². The van der Waals surface area contributed by atoms with E-state index in [1.165, 1.54) is 0 Å². The number of aryl methyl sites for hydroxylation is 1. The van der Waals surface area contributed by atoms with Crippen LogP contribution in [0.25, 0.3) is 11.0 Å². The maximum atomic E-state index is 6.46. The minimum Gasteiger partial charge on any atom is -0.372 e. The molecule has 0 fully saturated rings. The number of hydrogen-bond acceptors (Lipinski definition) is 6. The fraction of sp³-hybridized carbons (Fsp3) is 0.500. The van der Waals surface area contributed by atoms with Gasteiger partial charge >= 0.3 is 0 Å². The Kier molecular flexibility index (Phi) is 5.97. The Morgan fingerprint density at radius 1 is 1.25 bits per heavy atom. The van der Waals surface area contributed by atoms with Crippen molar-refractivity contribution in [3.05, 3.63) is 23.1 Å². The van der Waals surface area contributed by atoms with Crippen molar-refractivity contribution in [2.45, 2.75) is 39.3 Å². The Bertz CT molecular complexity index is 977. The zero-order valence-corrected chi connectivity index (χ0v) is 19.1. The van der Waals surface area contributed by atoms with Crippen LogP contribution in [0.5, 0.6) is 0 Å². The highest BCUT2D eigenvalue weighted by atomic mass is 35.5. The summed E-state index contributed by atoms with van der Waals surface area (Å²) in [5.41, 5.74) is 2.58. The van der Waals surface area contributed by atoms with E-state index in [4.69, 9.17) is 16.3 Å². The molecule has 152 valence electrons. The Hall–Kier alpha value is -2.10. The van der Waals surface area contributed by atoms with Crippen molar-refractivity contribution in [3.8, 4) is 0 Å². The van der Waals surface area contributed by atoms with Crippen LogP contribution in [0.4, 0.5) is 17.5 Å². The Morgan fingerprint density at radius 2 is 2.00 bits per heavy atom. The lowest BCUT2D eigenvalue weighted by molar-refractivity contribution is 0.0899. The van der Waals surface area contributed by atoms with Gasteiger partial charge in [0.05, 0.1) is 28.0 Å². The van der Waals surface area contributed by atoms with Crippen LogP contribution in [0.15, 0.2) is 12.4 Å². The highest BCUT2D eigenvalue weighted by Crippen LogP contribution is 2.32. The summed E-state index contributed by atoms with van der Waals surface area (Å²) in [5.74, 6) is 1.14. The maximum absolute atomic E-state index is 6.46. The van der Waals surface area contributed by atoms with E-state index in [-0.39, 0.29) is 0 Å². The lowest BCUT2D eigenvalue weighted by atomic mass is 10.3. The van der Waals surface area contributed by atoms with Gasteiger partial charge in [0, 0.05) is 35.0 Å². The van der Waals surface area contributed by atoms with Crippen LogP contribution in [0, 0.1) is 6.92 Å². The van der Waals surface area contributed by atoms with Crippen LogP contribution in [-0.2, 0) is 18.5 Å². The molecule has 0 aliphatic rings. The molecular weight excluding hydrogens is 394 g/mol. The van der Waals surface area contributed by atoms with E-state index >= 15 is 0 Å². The van der Waals surface area contributed by atoms with Gasteiger partial charge in [0.25, 0.3) is 0 Å². The fourth-order valence-electron chi connectivity index (χ4n) is 2.76. The first-order chi connectivity index (χ1) is 13.2. The fourth-order valence-corrected chi connectivity index (χ4v) is 3.81. The van der Waals surface area contributed by atoms with Gasteiger partial charge < -0.3 is 19.9 Å². The van der Waals surface area contributed by atoms with Crippen LogP contribution < -0.4 is 10.6 Å². The summed E-state index contributed by atoms with van der Waals surface area (Å²) < 4.78 is 9.62. The number of rotatable bonds is 8. The molecule has 3 rings (SSSR count). The zero-order chi connectivity index (χ0) is 20.5. The molecule has 0 amide bonds. The molecule has 8 nitrogen and oxygen atoms in total. The Morgan fingerprint density at radius 3 is 2.61 bits per heavy atom. The van der Waals surface area contributed by atoms with Crippen LogP contribution in [0.1, 0.15) is 5.69 Å². The summed E-state index contributed by atoms with van der Waals surface area (Å²) in [6, 6.07) is 1.11. The highest BCUT2D eigenvalue weighted by Gasteiger charge is 2.17. The van der Waals surface area contributed by atoms with E-state index in [1.54, 1.807) is 10.9 Å². The van der Waals surface area contributed by atoms with Crippen molar-refractivity contribution in [1.82, 2.24) is 24.3 Å². The second kappa shape index (κ2) is 8.10. The summed E-state index contributed by atoms with van der Waals surface area (Å²) in [7, 11) is 2.59. The molecule has 0 radical (unpaired) electrons. The van der Waals surface area contributed by atoms with Crippen molar-refractivity contribution < 1.29 is 4.74 Å². The molecule has 28 heavy (non-hydrogen) atoms. The standard InChI is InChI=1S/C18H28ClN7OSi/c1-12-14(9-21-25(12)3)22-18-23-16(20-2)15-13(19)10-26(17(15)24-18)11-27-7-8-28(4,5)6/h9-10H,7-8,11H2,1-6H3,(H2,20,22,23,24). The smallest absolute Gasteiger partial charge is 0.231 e. The molecule has 2 N–H and O–H groups in total. The van der Waals surface area contributed by atoms with E-state index < -0.39 is 8.07 Å². The van der Waals surface area contributed by atoms with Gasteiger partial charge in [-0.05, 0) is 13.0 Å². The molecule has 3 aromatic rings. The number of aromatic nitrogens is 5. The van der Waals surface area contributed by atoms with Gasteiger partial charge in [-0.1, -0.05) is 31.2 Å². The minimum absolute atomic E-state index is 0.402. The highest BCUT2D eigenvalue weighted by molar-refractivity contribution is 6.76. The van der Waals surface area contributed by atoms with E-state index in [0.717, 1.165) is 35.1 Å². The number of fused-ring (bicyclic) bond motifs is 1. The predicted octanol–water partition coefficient (Wildman–Crippen LogP) is 4.22. The van der Waals surface area contributed by atoms with Gasteiger partial charge in [0.15, 0.2) is 5.65 Å². The molecule has 0 saturated heterocycles. The van der Waals surface area contributed by atoms with Gasteiger partial charge in [-0.25, -0.2) is 0 Å². The Balaban J connectivity index is 1.89. The first kappa shape index (κ1) is 20.6. The molecule has 0 unspecified atom stereocenters. The molecule has 0 aliphatic heterocycles. The van der Waals surface area contributed by atoms with Crippen molar-refractivity contribution in [2.75, 3.05) is 24.3 Å². The summed E-state index contributed by atoms with van der Waals surface area (Å²) >= 11 is 6.46. The molecule has 0 aromatic carbocycles. The second-order valence-electron chi connectivity index (χ2n) is 8.03. The van der Waals surface area contributed by atoms with Gasteiger partial charge in [-0.15, -0.1) is 0 Å². The average molecular weight is 422 g/mol. The van der Waals surface area contributed by atoms with Crippen molar-refractivity contribution in [1.29, 1.82) is 0 Å². The van der Waals surface area contributed by atoms with Gasteiger partial charge in [0.2, 0.25) is 5.95 Å². The number of hydrogen-bond donors (Lipinski definition) is 2. The van der Waals surface area contributed by atoms with Crippen molar-refractivity contribution in [3.63, 3.8) is 0 Å². The minimum atomic E-state index is -1.13. The third kappa shape index (κ3) is 4.48. The summed E-state index contributed by atoms with van der Waals surface area (Å²) in [5, 5.41) is 12.0. The number of halogens is 1. The molecule has 0 spiro atoms. The summed E-state index contributed by atoms with van der Waals surface area (Å²) in [4.78, 5) is 9.25. The molecule has 10 heteroatoms. The topological polar surface area (TPSA) is 81.8 Å². The quantitative estimate of drug-likeness (QED) is 0.418. The normalized spacial score (nSPS) is 12.0. The third-order valence-corrected chi connectivity index (χ3v) is 6.61. The Labute approximate surface area is 171 Å². The largest absolute Gasteiger partial charge is 0.372 e. The van der Waals surface area contributed by atoms with Crippen LogP contribution >= 0.6 is 11.6 Å². The zero-order valence-electron chi connectivity index (χ0n) is 17.3. The predicted molar refractivity (Wildman–Crippen MR) is 117 cm³/mol. The number of nitrogens with one attached hydrogen (secondary N) is 2. The number of anilines is 3. The van der Waals surface area contributed by atoms with Crippen molar-refractivity contribution >= 4 is 48.2 Å². The van der Waals surface area contributed by atoms with Gasteiger partial charge in [0.1, 0.15) is 12.5 Å².